The third-order valence-electron chi connectivity index (χ3n) is 6.30. The van der Waals surface area contributed by atoms with E-state index in [4.69, 9.17) is 14.5 Å². The lowest BCUT2D eigenvalue weighted by Gasteiger charge is -2.38. The molecule has 2 aliphatic rings. The molecule has 37 heavy (non-hydrogen) atoms. The summed E-state index contributed by atoms with van der Waals surface area (Å²) >= 11 is 0. The van der Waals surface area contributed by atoms with Crippen molar-refractivity contribution < 1.29 is 35.9 Å². The average Bonchev–Trinajstić information content (AvgIpc) is 3.62. The van der Waals surface area contributed by atoms with Crippen molar-refractivity contribution in [1.82, 2.24) is 10.1 Å². The second-order valence-electron chi connectivity index (χ2n) is 8.98. The maximum atomic E-state index is 15.1. The van der Waals surface area contributed by atoms with Gasteiger partial charge in [-0.25, -0.2) is 13.8 Å². The maximum absolute atomic E-state index is 15.1. The smallest absolute Gasteiger partial charge is 0.405 e. The molecule has 194 valence electrons. The molecule has 1 aromatic carbocycles. The molecule has 0 N–H and O–H groups in total. The number of para-hydroxylation sites is 1. The standard InChI is InChI=1S/C25H21F5N4O3/c26-24(27)14-34(21-8-5-15(11-31)12-32-21)10-9-20(24)35-13-18-22(33-37-23(18)16-6-7-16)17-3-1-2-4-19(17)36-25(28,29)30/h1-5,8,12,16,20H,6-7,9-10,13-14H2. The summed E-state index contributed by atoms with van der Waals surface area (Å²) in [6.45, 7) is -0.696. The molecule has 1 saturated carbocycles. The van der Waals surface area contributed by atoms with Crippen molar-refractivity contribution in [2.45, 2.75) is 50.2 Å². The highest BCUT2D eigenvalue weighted by molar-refractivity contribution is 5.70. The number of aromatic nitrogens is 2. The van der Waals surface area contributed by atoms with Gasteiger partial charge in [-0.15, -0.1) is 13.2 Å². The fourth-order valence-electron chi connectivity index (χ4n) is 4.36. The van der Waals surface area contributed by atoms with Crippen molar-refractivity contribution in [1.29, 1.82) is 5.26 Å². The first-order chi connectivity index (χ1) is 17.6. The summed E-state index contributed by atoms with van der Waals surface area (Å²) in [6.07, 6.45) is -3.44. The molecular formula is C25H21F5N4O3. The second kappa shape index (κ2) is 9.63. The number of hydrogen-bond donors (Lipinski definition) is 0. The molecule has 3 heterocycles. The van der Waals surface area contributed by atoms with E-state index in [2.05, 4.69) is 14.9 Å². The van der Waals surface area contributed by atoms with Crippen LogP contribution in [0.5, 0.6) is 5.75 Å². The molecule has 1 aliphatic heterocycles. The Balaban J connectivity index is 1.35. The van der Waals surface area contributed by atoms with E-state index in [0.29, 0.717) is 22.7 Å². The van der Waals surface area contributed by atoms with Gasteiger partial charge in [0.2, 0.25) is 0 Å². The SMILES string of the molecule is N#Cc1ccc(N2CCC(OCc3c(-c4ccccc4OC(F)(F)F)noc3C3CC3)C(F)(F)C2)nc1. The van der Waals surface area contributed by atoms with Crippen LogP contribution >= 0.6 is 0 Å². The Morgan fingerprint density at radius 1 is 1.14 bits per heavy atom. The third kappa shape index (κ3) is 5.51. The zero-order valence-corrected chi connectivity index (χ0v) is 19.3. The molecule has 0 spiro atoms. The van der Waals surface area contributed by atoms with Crippen LogP contribution < -0.4 is 9.64 Å². The van der Waals surface area contributed by atoms with Crippen LogP contribution in [0, 0.1) is 11.3 Å². The predicted molar refractivity (Wildman–Crippen MR) is 120 cm³/mol. The third-order valence-corrected chi connectivity index (χ3v) is 6.30. The van der Waals surface area contributed by atoms with Gasteiger partial charge in [-0.3, -0.25) is 0 Å². The molecule has 2 fully saturated rings. The molecule has 7 nitrogen and oxygen atoms in total. The number of benzene rings is 1. The minimum Gasteiger partial charge on any atom is -0.405 e. The Labute approximate surface area is 208 Å². The summed E-state index contributed by atoms with van der Waals surface area (Å²) in [5.41, 5.74) is 0.770. The fourth-order valence-corrected chi connectivity index (χ4v) is 4.36. The lowest BCUT2D eigenvalue weighted by Crippen LogP contribution is -2.52. The topological polar surface area (TPSA) is 84.4 Å². The maximum Gasteiger partial charge on any atom is 0.573 e. The lowest BCUT2D eigenvalue weighted by atomic mass is 10.0. The Hall–Kier alpha value is -3.72. The van der Waals surface area contributed by atoms with E-state index in [1.54, 1.807) is 0 Å². The van der Waals surface area contributed by atoms with E-state index in [9.17, 15) is 13.2 Å². The van der Waals surface area contributed by atoms with Gasteiger partial charge >= 0.3 is 6.36 Å². The number of nitrogens with zero attached hydrogens (tertiary/aromatic N) is 4. The van der Waals surface area contributed by atoms with Crippen LogP contribution in [-0.2, 0) is 11.3 Å². The average molecular weight is 520 g/mol. The number of hydrogen-bond acceptors (Lipinski definition) is 7. The largest absolute Gasteiger partial charge is 0.573 e. The van der Waals surface area contributed by atoms with Crippen LogP contribution in [-0.4, -0.2) is 41.6 Å². The summed E-state index contributed by atoms with van der Waals surface area (Å²) in [6, 6.07) is 10.4. The summed E-state index contributed by atoms with van der Waals surface area (Å²) in [5.74, 6) is -2.93. The molecule has 1 aliphatic carbocycles. The summed E-state index contributed by atoms with van der Waals surface area (Å²) in [5, 5.41) is 12.9. The van der Waals surface area contributed by atoms with E-state index in [1.807, 2.05) is 6.07 Å². The molecule has 12 heteroatoms. The van der Waals surface area contributed by atoms with Crippen LogP contribution in [0.4, 0.5) is 27.8 Å². The quantitative estimate of drug-likeness (QED) is 0.363. The van der Waals surface area contributed by atoms with Gasteiger partial charge in [0, 0.05) is 29.8 Å². The summed E-state index contributed by atoms with van der Waals surface area (Å²) < 4.78 is 84.3. The Kier molecular flexibility index (Phi) is 6.49. The van der Waals surface area contributed by atoms with E-state index in [-0.39, 0.29) is 36.7 Å². The van der Waals surface area contributed by atoms with Crippen molar-refractivity contribution in [3.63, 3.8) is 0 Å². The first-order valence-electron chi connectivity index (χ1n) is 11.6. The van der Waals surface area contributed by atoms with Crippen LogP contribution in [0.25, 0.3) is 11.3 Å². The van der Waals surface area contributed by atoms with Gasteiger partial charge < -0.3 is 18.9 Å². The molecule has 1 unspecified atom stereocenters. The van der Waals surface area contributed by atoms with E-state index in [1.165, 1.54) is 41.4 Å². The van der Waals surface area contributed by atoms with Crippen LogP contribution in [0.2, 0.25) is 0 Å². The van der Waals surface area contributed by atoms with Gasteiger partial charge in [0.15, 0.2) is 0 Å². The highest BCUT2D eigenvalue weighted by Crippen LogP contribution is 2.46. The predicted octanol–water partition coefficient (Wildman–Crippen LogP) is 5.82. The molecule has 0 amide bonds. The Morgan fingerprint density at radius 2 is 1.92 bits per heavy atom. The zero-order chi connectivity index (χ0) is 26.2. The number of alkyl halides is 5. The Morgan fingerprint density at radius 3 is 2.57 bits per heavy atom. The number of piperidine rings is 1. The van der Waals surface area contributed by atoms with E-state index in [0.717, 1.165) is 18.9 Å². The van der Waals surface area contributed by atoms with Crippen LogP contribution in [0.1, 0.15) is 42.1 Å². The molecule has 0 bridgehead atoms. The van der Waals surface area contributed by atoms with Crippen LogP contribution in [0.3, 0.4) is 0 Å². The van der Waals surface area contributed by atoms with Crippen molar-refractivity contribution in [2.24, 2.45) is 0 Å². The normalized spacial score (nSPS) is 19.5. The molecule has 0 radical (unpaired) electrons. The number of halogens is 5. The van der Waals surface area contributed by atoms with Crippen LogP contribution in [0.15, 0.2) is 47.1 Å². The molecule has 5 rings (SSSR count). The second-order valence-corrected chi connectivity index (χ2v) is 8.98. The van der Waals surface area contributed by atoms with Crippen molar-refractivity contribution >= 4 is 5.82 Å². The van der Waals surface area contributed by atoms with Crippen molar-refractivity contribution in [3.8, 4) is 23.1 Å². The van der Waals surface area contributed by atoms with E-state index < -0.39 is 30.7 Å². The first-order valence-corrected chi connectivity index (χ1v) is 11.6. The molecule has 3 aromatic rings. The molecule has 1 atom stereocenters. The first kappa shape index (κ1) is 25.0. The van der Waals surface area contributed by atoms with Gasteiger partial charge in [-0.05, 0) is 43.5 Å². The van der Waals surface area contributed by atoms with Crippen molar-refractivity contribution in [3.05, 3.63) is 59.5 Å². The number of rotatable bonds is 7. The number of ether oxygens (including phenoxy) is 2. The highest BCUT2D eigenvalue weighted by Gasteiger charge is 2.46. The van der Waals surface area contributed by atoms with Gasteiger partial charge in [-0.1, -0.05) is 17.3 Å². The summed E-state index contributed by atoms with van der Waals surface area (Å²) in [4.78, 5) is 5.51. The van der Waals surface area contributed by atoms with E-state index >= 15 is 8.78 Å². The van der Waals surface area contributed by atoms with Gasteiger partial charge in [0.05, 0.1) is 18.7 Å². The minimum atomic E-state index is -4.92. The Bertz CT molecular complexity index is 1300. The molecular weight excluding hydrogens is 499 g/mol. The summed E-state index contributed by atoms with van der Waals surface area (Å²) in [7, 11) is 0. The van der Waals surface area contributed by atoms with Gasteiger partial charge in [0.1, 0.15) is 35.2 Å². The molecule has 2 aromatic heterocycles. The molecule has 1 saturated heterocycles. The monoisotopic (exact) mass is 520 g/mol. The number of nitriles is 1. The van der Waals surface area contributed by atoms with Gasteiger partial charge in [0.25, 0.3) is 5.92 Å². The zero-order valence-electron chi connectivity index (χ0n) is 19.3. The number of pyridine rings is 1. The number of anilines is 1. The van der Waals surface area contributed by atoms with Crippen molar-refractivity contribution in [2.75, 3.05) is 18.0 Å². The van der Waals surface area contributed by atoms with Gasteiger partial charge in [-0.2, -0.15) is 5.26 Å². The minimum absolute atomic E-state index is 0.0121. The lowest BCUT2D eigenvalue weighted by molar-refractivity contribution is -0.274. The highest BCUT2D eigenvalue weighted by atomic mass is 19.4. The fraction of sp³-hybridized carbons (Fsp3) is 0.400.